The van der Waals surface area contributed by atoms with Gasteiger partial charge >= 0.3 is 6.18 Å². The summed E-state index contributed by atoms with van der Waals surface area (Å²) in [5.74, 6) is 0.424. The van der Waals surface area contributed by atoms with Crippen molar-refractivity contribution < 1.29 is 18.0 Å². The van der Waals surface area contributed by atoms with Gasteiger partial charge in [0.25, 0.3) is 0 Å². The summed E-state index contributed by atoms with van der Waals surface area (Å²) in [6.45, 7) is 8.56. The van der Waals surface area contributed by atoms with E-state index in [0.717, 1.165) is 31.5 Å². The zero-order valence-corrected chi connectivity index (χ0v) is 20.3. The van der Waals surface area contributed by atoms with E-state index in [-0.39, 0.29) is 11.8 Å². The van der Waals surface area contributed by atoms with Gasteiger partial charge in [-0.05, 0) is 44.9 Å². The molecule has 0 radical (unpaired) electrons. The van der Waals surface area contributed by atoms with Gasteiger partial charge in [-0.15, -0.1) is 0 Å². The van der Waals surface area contributed by atoms with Crippen LogP contribution in [-0.4, -0.2) is 27.4 Å². The number of amides is 1. The zero-order valence-electron chi connectivity index (χ0n) is 19.6. The molecule has 0 bridgehead atoms. The number of hydrogen-bond donors (Lipinski definition) is 1. The minimum atomic E-state index is -4.38. The van der Waals surface area contributed by atoms with Crippen LogP contribution in [0.25, 0.3) is 22.5 Å². The number of alkyl halides is 3. The first-order valence-corrected chi connectivity index (χ1v) is 11.4. The van der Waals surface area contributed by atoms with Crippen LogP contribution in [0.4, 0.5) is 13.2 Å². The van der Waals surface area contributed by atoms with Crippen LogP contribution in [0.3, 0.4) is 0 Å². The predicted octanol–water partition coefficient (Wildman–Crippen LogP) is 6.74. The summed E-state index contributed by atoms with van der Waals surface area (Å²) in [5.41, 5.74) is 2.07. The average Bonchev–Trinajstić information content (AvgIpc) is 2.80. The third kappa shape index (κ3) is 7.25. The maximum Gasteiger partial charge on any atom is 0.416 e. The highest BCUT2D eigenvalue weighted by Gasteiger charge is 2.30. The smallest absolute Gasteiger partial charge is 0.356 e. The number of halogens is 4. The van der Waals surface area contributed by atoms with Crippen LogP contribution in [-0.2, 0) is 11.0 Å². The van der Waals surface area contributed by atoms with Gasteiger partial charge < -0.3 is 5.32 Å². The van der Waals surface area contributed by atoms with Crippen LogP contribution in [0, 0.1) is 12.8 Å². The van der Waals surface area contributed by atoms with E-state index >= 15 is 0 Å². The number of carbonyl (C=O) groups is 1. The molecule has 0 aliphatic rings. The van der Waals surface area contributed by atoms with Crippen molar-refractivity contribution >= 4 is 17.5 Å². The number of hydrogen-bond acceptors (Lipinski definition) is 4. The summed E-state index contributed by atoms with van der Waals surface area (Å²) in [4.78, 5) is 23.8. The molecule has 0 unspecified atom stereocenters. The largest absolute Gasteiger partial charge is 0.416 e. The van der Waals surface area contributed by atoms with Crippen molar-refractivity contribution in [2.75, 3.05) is 6.54 Å². The Morgan fingerprint density at radius 1 is 1.03 bits per heavy atom. The molecule has 5 nitrogen and oxygen atoms in total. The normalized spacial score (nSPS) is 11.1. The van der Waals surface area contributed by atoms with Crippen molar-refractivity contribution in [1.82, 2.24) is 20.3 Å². The quantitative estimate of drug-likeness (QED) is 0.413. The molecule has 0 aliphatic carbocycles. The molecule has 9 heteroatoms. The molecule has 1 aromatic carbocycles. The summed E-state index contributed by atoms with van der Waals surface area (Å²) >= 11 is 6.18. The van der Waals surface area contributed by atoms with Crippen LogP contribution in [0.2, 0.25) is 5.02 Å². The van der Waals surface area contributed by atoms with E-state index in [2.05, 4.69) is 20.3 Å². The Balaban J connectivity index is 0.000000347. The molecule has 0 atom stereocenters. The minimum Gasteiger partial charge on any atom is -0.356 e. The van der Waals surface area contributed by atoms with E-state index in [0.29, 0.717) is 33.2 Å². The number of nitrogens with zero attached hydrogens (tertiary/aromatic N) is 3. The lowest BCUT2D eigenvalue weighted by atomic mass is 10.0. The Morgan fingerprint density at radius 2 is 1.68 bits per heavy atom. The maximum absolute atomic E-state index is 12.7. The van der Waals surface area contributed by atoms with Gasteiger partial charge in [0.1, 0.15) is 0 Å². The second kappa shape index (κ2) is 12.5. The summed E-state index contributed by atoms with van der Waals surface area (Å²) < 4.78 is 38.2. The molecular formula is C25H28ClF3N4O. The molecule has 0 saturated heterocycles. The van der Waals surface area contributed by atoms with Gasteiger partial charge in [0.15, 0.2) is 0 Å². The number of benzene rings is 1. The van der Waals surface area contributed by atoms with Gasteiger partial charge in [0.05, 0.1) is 27.7 Å². The molecule has 34 heavy (non-hydrogen) atoms. The van der Waals surface area contributed by atoms with Gasteiger partial charge in [0, 0.05) is 42.2 Å². The summed E-state index contributed by atoms with van der Waals surface area (Å²) in [6, 6.07) is 6.49. The summed E-state index contributed by atoms with van der Waals surface area (Å²) in [5, 5.41) is 3.20. The van der Waals surface area contributed by atoms with E-state index in [4.69, 9.17) is 11.6 Å². The second-order valence-electron chi connectivity index (χ2n) is 7.55. The van der Waals surface area contributed by atoms with Crippen molar-refractivity contribution in [3.8, 4) is 22.5 Å². The number of aryl methyl sites for hydroxylation is 1. The lowest BCUT2D eigenvalue weighted by Crippen LogP contribution is -2.29. The first kappa shape index (κ1) is 27.2. The molecule has 182 valence electrons. The third-order valence-electron chi connectivity index (χ3n) is 5.11. The Hall–Kier alpha value is -3.00. The molecular weight excluding hydrogens is 465 g/mol. The molecule has 2 heterocycles. The highest BCUT2D eigenvalue weighted by atomic mass is 35.5. The Labute approximate surface area is 202 Å². The van der Waals surface area contributed by atoms with Crippen molar-refractivity contribution in [3.63, 3.8) is 0 Å². The van der Waals surface area contributed by atoms with Crippen molar-refractivity contribution in [1.29, 1.82) is 0 Å². The minimum absolute atomic E-state index is 0.201. The predicted molar refractivity (Wildman–Crippen MR) is 128 cm³/mol. The number of aromatic nitrogens is 3. The number of carbonyl (C=O) groups excluding carboxylic acids is 1. The molecule has 3 aromatic rings. The van der Waals surface area contributed by atoms with E-state index in [1.165, 1.54) is 18.3 Å². The fourth-order valence-electron chi connectivity index (χ4n) is 3.24. The van der Waals surface area contributed by atoms with E-state index in [1.54, 1.807) is 25.4 Å². The molecule has 1 amide bonds. The van der Waals surface area contributed by atoms with Crippen LogP contribution < -0.4 is 5.32 Å². The van der Waals surface area contributed by atoms with Gasteiger partial charge in [0.2, 0.25) is 5.91 Å². The van der Waals surface area contributed by atoms with Crippen LogP contribution in [0.5, 0.6) is 0 Å². The average molecular weight is 493 g/mol. The topological polar surface area (TPSA) is 67.8 Å². The summed E-state index contributed by atoms with van der Waals surface area (Å²) in [7, 11) is 0. The Morgan fingerprint density at radius 3 is 2.21 bits per heavy atom. The molecule has 3 rings (SSSR count). The Kier molecular flexibility index (Phi) is 9.98. The number of pyridine rings is 1. The third-order valence-corrected chi connectivity index (χ3v) is 5.41. The van der Waals surface area contributed by atoms with Gasteiger partial charge in [-0.25, -0.2) is 4.98 Å². The fourth-order valence-corrected chi connectivity index (χ4v) is 3.45. The van der Waals surface area contributed by atoms with Gasteiger partial charge in [-0.3, -0.25) is 14.8 Å². The molecule has 1 N–H and O–H groups in total. The van der Waals surface area contributed by atoms with Crippen LogP contribution >= 0.6 is 11.6 Å². The molecule has 0 spiro atoms. The Bertz CT molecular complexity index is 1080. The first-order chi connectivity index (χ1) is 16.1. The molecule has 0 aliphatic heterocycles. The monoisotopic (exact) mass is 492 g/mol. The van der Waals surface area contributed by atoms with Crippen molar-refractivity contribution in [2.24, 2.45) is 5.92 Å². The van der Waals surface area contributed by atoms with Crippen molar-refractivity contribution in [3.05, 3.63) is 65.2 Å². The second-order valence-corrected chi connectivity index (χ2v) is 7.95. The van der Waals surface area contributed by atoms with Crippen LogP contribution in [0.1, 0.15) is 44.9 Å². The molecule has 2 aromatic heterocycles. The number of rotatable bonds is 6. The maximum atomic E-state index is 12.7. The van der Waals surface area contributed by atoms with Gasteiger partial charge in [-0.1, -0.05) is 37.6 Å². The molecule has 0 saturated carbocycles. The lowest BCUT2D eigenvalue weighted by molar-refractivity contribution is -0.137. The first-order valence-electron chi connectivity index (χ1n) is 11.0. The van der Waals surface area contributed by atoms with E-state index < -0.39 is 11.7 Å². The SMILES string of the molecule is CCNC(=O)C(CC)CC.Cc1cnc(-c2ccc(C(F)(F)F)cc2)c(-c2ccncc2Cl)n1. The highest BCUT2D eigenvalue weighted by molar-refractivity contribution is 6.33. The fraction of sp³-hybridized carbons (Fsp3) is 0.360. The zero-order chi connectivity index (χ0) is 25.3. The lowest BCUT2D eigenvalue weighted by Gasteiger charge is -2.11. The van der Waals surface area contributed by atoms with Crippen LogP contribution in [0.15, 0.2) is 48.9 Å². The van der Waals surface area contributed by atoms with E-state index in [1.807, 2.05) is 20.8 Å². The number of nitrogens with one attached hydrogen (secondary N) is 1. The van der Waals surface area contributed by atoms with Gasteiger partial charge in [-0.2, -0.15) is 13.2 Å². The highest BCUT2D eigenvalue weighted by Crippen LogP contribution is 2.35. The standard InChI is InChI=1S/C17H11ClF3N3.C8H17NO/c1-10-8-23-15(11-2-4-12(5-3-11)17(19,20)21)16(24-10)13-6-7-22-9-14(13)18;1-4-7(5-2)8(10)9-6-3/h2-9H,1H3;7H,4-6H2,1-3H3,(H,9,10). The van der Waals surface area contributed by atoms with E-state index in [9.17, 15) is 18.0 Å². The van der Waals surface area contributed by atoms with Crippen molar-refractivity contribution in [2.45, 2.75) is 46.7 Å². The summed E-state index contributed by atoms with van der Waals surface area (Å²) in [6.07, 6.45) is 2.13. The molecule has 0 fully saturated rings.